The van der Waals surface area contributed by atoms with Crippen molar-refractivity contribution in [2.75, 3.05) is 19.0 Å². The van der Waals surface area contributed by atoms with E-state index in [0.717, 1.165) is 27.2 Å². The zero-order chi connectivity index (χ0) is 22.8. The SMILES string of the molecule is Cc1nn(Cc2ccc(F)cc2)c2sc(C(=O)NNC(=O)c3cccc(N(C)C)c3)cc12. The van der Waals surface area contributed by atoms with Gasteiger partial charge in [0.2, 0.25) is 0 Å². The Balaban J connectivity index is 1.47. The molecule has 0 aliphatic carbocycles. The highest BCUT2D eigenvalue weighted by Crippen LogP contribution is 2.28. The largest absolute Gasteiger partial charge is 0.378 e. The molecule has 0 aliphatic heterocycles. The number of hydrazine groups is 1. The molecule has 0 radical (unpaired) electrons. The lowest BCUT2D eigenvalue weighted by Crippen LogP contribution is -2.41. The topological polar surface area (TPSA) is 79.3 Å². The van der Waals surface area contributed by atoms with Crippen LogP contribution in [0.2, 0.25) is 0 Å². The summed E-state index contributed by atoms with van der Waals surface area (Å²) in [6.07, 6.45) is 0. The average molecular weight is 452 g/mol. The number of nitrogens with one attached hydrogen (secondary N) is 2. The van der Waals surface area contributed by atoms with E-state index in [-0.39, 0.29) is 5.82 Å². The lowest BCUT2D eigenvalue weighted by Gasteiger charge is -2.13. The van der Waals surface area contributed by atoms with Crippen LogP contribution in [0.25, 0.3) is 10.2 Å². The van der Waals surface area contributed by atoms with Gasteiger partial charge in [-0.1, -0.05) is 18.2 Å². The minimum atomic E-state index is -0.406. The maximum absolute atomic E-state index is 13.2. The fourth-order valence-corrected chi connectivity index (χ4v) is 4.32. The molecule has 4 rings (SSSR count). The number of amides is 2. The number of carbonyl (C=O) groups excluding carboxylic acids is 2. The molecular formula is C23H22FN5O2S. The fourth-order valence-electron chi connectivity index (χ4n) is 3.27. The van der Waals surface area contributed by atoms with E-state index in [0.29, 0.717) is 17.0 Å². The van der Waals surface area contributed by atoms with Crippen LogP contribution in [-0.2, 0) is 6.54 Å². The van der Waals surface area contributed by atoms with Gasteiger partial charge in [-0.2, -0.15) is 5.10 Å². The van der Waals surface area contributed by atoms with Gasteiger partial charge in [-0.15, -0.1) is 11.3 Å². The number of carbonyl (C=O) groups is 2. The number of rotatable bonds is 5. The summed E-state index contributed by atoms with van der Waals surface area (Å²) in [6.45, 7) is 2.34. The second-order valence-electron chi connectivity index (χ2n) is 7.55. The molecule has 2 amide bonds. The highest BCUT2D eigenvalue weighted by Gasteiger charge is 2.17. The van der Waals surface area contributed by atoms with Crippen molar-refractivity contribution in [2.45, 2.75) is 13.5 Å². The highest BCUT2D eigenvalue weighted by molar-refractivity contribution is 7.20. The van der Waals surface area contributed by atoms with Gasteiger partial charge in [0, 0.05) is 30.7 Å². The Hall–Kier alpha value is -3.72. The maximum Gasteiger partial charge on any atom is 0.279 e. The molecule has 0 aliphatic rings. The van der Waals surface area contributed by atoms with Crippen molar-refractivity contribution in [1.82, 2.24) is 20.6 Å². The Bertz CT molecular complexity index is 1290. The molecule has 164 valence electrons. The monoisotopic (exact) mass is 451 g/mol. The van der Waals surface area contributed by atoms with E-state index >= 15 is 0 Å². The standard InChI is InChI=1S/C23H22FN5O2S/c1-14-19-12-20(32-23(19)29(27-14)13-15-7-9-17(24)10-8-15)22(31)26-25-21(30)16-5-4-6-18(11-16)28(2)3/h4-12H,13H2,1-3H3,(H,25,30)(H,26,31). The van der Waals surface area contributed by atoms with Gasteiger partial charge in [0.1, 0.15) is 10.6 Å². The molecule has 0 saturated heterocycles. The van der Waals surface area contributed by atoms with Crippen LogP contribution in [0.15, 0.2) is 54.6 Å². The molecule has 0 unspecified atom stereocenters. The summed E-state index contributed by atoms with van der Waals surface area (Å²) >= 11 is 1.29. The molecule has 7 nitrogen and oxygen atoms in total. The van der Waals surface area contributed by atoms with Crippen molar-refractivity contribution in [3.8, 4) is 0 Å². The number of benzene rings is 2. The van der Waals surface area contributed by atoms with Crippen molar-refractivity contribution in [1.29, 1.82) is 0 Å². The number of thiophene rings is 1. The second-order valence-corrected chi connectivity index (χ2v) is 8.58. The number of anilines is 1. The van der Waals surface area contributed by atoms with Crippen LogP contribution < -0.4 is 15.8 Å². The second kappa shape index (κ2) is 8.80. The van der Waals surface area contributed by atoms with Crippen molar-refractivity contribution >= 4 is 39.1 Å². The Kier molecular flexibility index (Phi) is 5.91. The normalized spacial score (nSPS) is 10.9. The molecule has 2 aromatic carbocycles. The Morgan fingerprint density at radius 3 is 2.50 bits per heavy atom. The van der Waals surface area contributed by atoms with Crippen LogP contribution in [0.4, 0.5) is 10.1 Å². The van der Waals surface area contributed by atoms with Crippen LogP contribution >= 0.6 is 11.3 Å². The number of hydrogen-bond acceptors (Lipinski definition) is 5. The quantitative estimate of drug-likeness (QED) is 0.453. The Labute approximate surface area is 188 Å². The Morgan fingerprint density at radius 2 is 1.78 bits per heavy atom. The van der Waals surface area contributed by atoms with Crippen molar-refractivity contribution in [3.05, 3.63) is 82.1 Å². The number of aryl methyl sites for hydroxylation is 1. The zero-order valence-corrected chi connectivity index (χ0v) is 18.7. The molecule has 2 heterocycles. The van der Waals surface area contributed by atoms with Gasteiger partial charge in [-0.25, -0.2) is 4.39 Å². The first-order chi connectivity index (χ1) is 15.3. The molecule has 0 fully saturated rings. The molecule has 32 heavy (non-hydrogen) atoms. The van der Waals surface area contributed by atoms with E-state index in [1.54, 1.807) is 41.1 Å². The summed E-state index contributed by atoms with van der Waals surface area (Å²) in [6, 6.07) is 15.1. The summed E-state index contributed by atoms with van der Waals surface area (Å²) in [4.78, 5) is 28.3. The third-order valence-electron chi connectivity index (χ3n) is 4.99. The molecular weight excluding hydrogens is 429 g/mol. The van der Waals surface area contributed by atoms with Crippen LogP contribution in [0.1, 0.15) is 31.3 Å². The number of nitrogens with zero attached hydrogens (tertiary/aromatic N) is 3. The summed E-state index contributed by atoms with van der Waals surface area (Å²) in [5, 5.41) is 5.40. The van der Waals surface area contributed by atoms with Gasteiger partial charge in [-0.05, 0) is 48.9 Å². The highest BCUT2D eigenvalue weighted by atomic mass is 32.1. The van der Waals surface area contributed by atoms with E-state index in [9.17, 15) is 14.0 Å². The zero-order valence-electron chi connectivity index (χ0n) is 17.8. The summed E-state index contributed by atoms with van der Waals surface area (Å²) < 4.78 is 15.0. The lowest BCUT2D eigenvalue weighted by molar-refractivity contribution is 0.0849. The van der Waals surface area contributed by atoms with E-state index < -0.39 is 11.8 Å². The first-order valence-electron chi connectivity index (χ1n) is 9.91. The van der Waals surface area contributed by atoms with Crippen LogP contribution in [-0.4, -0.2) is 35.7 Å². The van der Waals surface area contributed by atoms with Gasteiger partial charge < -0.3 is 4.90 Å². The summed E-state index contributed by atoms with van der Waals surface area (Å²) in [5.74, 6) is -1.10. The van der Waals surface area contributed by atoms with E-state index in [4.69, 9.17) is 0 Å². The van der Waals surface area contributed by atoms with Crippen molar-refractivity contribution < 1.29 is 14.0 Å². The van der Waals surface area contributed by atoms with Gasteiger partial charge in [0.25, 0.3) is 11.8 Å². The van der Waals surface area contributed by atoms with E-state index in [1.165, 1.54) is 23.5 Å². The molecule has 2 aromatic heterocycles. The lowest BCUT2D eigenvalue weighted by atomic mass is 10.2. The minimum Gasteiger partial charge on any atom is -0.378 e. The number of fused-ring (bicyclic) bond motifs is 1. The fraction of sp³-hybridized carbons (Fsp3) is 0.174. The number of aromatic nitrogens is 2. The third kappa shape index (κ3) is 4.47. The first kappa shape index (κ1) is 21.5. The molecule has 0 saturated carbocycles. The van der Waals surface area contributed by atoms with Crippen molar-refractivity contribution in [2.24, 2.45) is 0 Å². The van der Waals surface area contributed by atoms with Crippen LogP contribution in [0.3, 0.4) is 0 Å². The predicted molar refractivity (Wildman–Crippen MR) is 124 cm³/mol. The van der Waals surface area contributed by atoms with Crippen LogP contribution in [0, 0.1) is 12.7 Å². The molecule has 2 N–H and O–H groups in total. The van der Waals surface area contributed by atoms with E-state index in [1.807, 2.05) is 32.0 Å². The Morgan fingerprint density at radius 1 is 1.06 bits per heavy atom. The molecule has 0 spiro atoms. The predicted octanol–water partition coefficient (Wildman–Crippen LogP) is 3.73. The van der Waals surface area contributed by atoms with Gasteiger partial charge in [-0.3, -0.25) is 25.1 Å². The summed E-state index contributed by atoms with van der Waals surface area (Å²) in [7, 11) is 3.78. The van der Waals surface area contributed by atoms with Gasteiger partial charge in [0.05, 0.1) is 17.1 Å². The number of hydrogen-bond donors (Lipinski definition) is 2. The third-order valence-corrected chi connectivity index (χ3v) is 6.14. The molecule has 0 atom stereocenters. The average Bonchev–Trinajstić information content (AvgIpc) is 3.34. The van der Waals surface area contributed by atoms with Gasteiger partial charge in [0.15, 0.2) is 0 Å². The van der Waals surface area contributed by atoms with E-state index in [2.05, 4.69) is 16.0 Å². The first-order valence-corrected chi connectivity index (χ1v) is 10.7. The minimum absolute atomic E-state index is 0.291. The molecule has 0 bridgehead atoms. The van der Waals surface area contributed by atoms with Crippen LogP contribution in [0.5, 0.6) is 0 Å². The number of halogens is 1. The smallest absolute Gasteiger partial charge is 0.279 e. The molecule has 4 aromatic rings. The van der Waals surface area contributed by atoms with Gasteiger partial charge >= 0.3 is 0 Å². The van der Waals surface area contributed by atoms with Crippen molar-refractivity contribution in [3.63, 3.8) is 0 Å². The maximum atomic E-state index is 13.2. The molecule has 9 heteroatoms. The summed E-state index contributed by atoms with van der Waals surface area (Å²) in [5.41, 5.74) is 7.97.